The summed E-state index contributed by atoms with van der Waals surface area (Å²) in [6.45, 7) is 12.2. The van der Waals surface area contributed by atoms with Crippen LogP contribution in [0.3, 0.4) is 0 Å². The molecule has 0 saturated carbocycles. The number of nitrogens with one attached hydrogen (secondary N) is 1. The van der Waals surface area contributed by atoms with Crippen molar-refractivity contribution < 1.29 is 5.11 Å². The lowest BCUT2D eigenvalue weighted by Crippen LogP contribution is -2.56. The third kappa shape index (κ3) is 5.38. The van der Waals surface area contributed by atoms with Gasteiger partial charge in [0, 0.05) is 19.1 Å². The van der Waals surface area contributed by atoms with Gasteiger partial charge in [-0.15, -0.1) is 0 Å². The van der Waals surface area contributed by atoms with E-state index in [1.807, 2.05) is 0 Å². The van der Waals surface area contributed by atoms with Crippen LogP contribution in [-0.2, 0) is 0 Å². The van der Waals surface area contributed by atoms with Crippen LogP contribution in [-0.4, -0.2) is 72.9 Å². The van der Waals surface area contributed by atoms with Crippen molar-refractivity contribution in [1.82, 2.24) is 15.1 Å². The summed E-state index contributed by atoms with van der Waals surface area (Å²) in [7, 11) is 2.22. The predicted molar refractivity (Wildman–Crippen MR) is 81.6 cm³/mol. The van der Waals surface area contributed by atoms with Crippen LogP contribution in [0.15, 0.2) is 0 Å². The van der Waals surface area contributed by atoms with E-state index >= 15 is 0 Å². The van der Waals surface area contributed by atoms with Crippen LogP contribution >= 0.6 is 0 Å². The van der Waals surface area contributed by atoms with Crippen molar-refractivity contribution >= 4 is 0 Å². The second-order valence-electron chi connectivity index (χ2n) is 6.29. The molecule has 1 fully saturated rings. The molecule has 1 aliphatic heterocycles. The molecule has 0 aliphatic carbocycles. The molecule has 2 atom stereocenters. The van der Waals surface area contributed by atoms with Crippen molar-refractivity contribution in [3.63, 3.8) is 0 Å². The molecule has 1 aliphatic rings. The summed E-state index contributed by atoms with van der Waals surface area (Å²) in [6, 6.07) is 0.613. The van der Waals surface area contributed by atoms with E-state index in [2.05, 4.69) is 42.9 Å². The highest BCUT2D eigenvalue weighted by Gasteiger charge is 2.30. The lowest BCUT2D eigenvalue weighted by molar-refractivity contribution is 0.0927. The van der Waals surface area contributed by atoms with Gasteiger partial charge < -0.3 is 15.3 Å². The number of rotatable bonds is 7. The number of hydrogen-bond donors (Lipinski definition) is 2. The lowest BCUT2D eigenvalue weighted by atomic mass is 10.0. The molecule has 4 heteroatoms. The van der Waals surface area contributed by atoms with Gasteiger partial charge in [0.2, 0.25) is 0 Å². The zero-order chi connectivity index (χ0) is 14.3. The van der Waals surface area contributed by atoms with Gasteiger partial charge in [-0.1, -0.05) is 13.8 Å². The van der Waals surface area contributed by atoms with Gasteiger partial charge in [0.05, 0.1) is 12.1 Å². The van der Waals surface area contributed by atoms with Crippen molar-refractivity contribution in [3.05, 3.63) is 0 Å². The van der Waals surface area contributed by atoms with Crippen molar-refractivity contribution in [2.45, 2.75) is 51.6 Å². The maximum Gasteiger partial charge on any atom is 0.0623 e. The van der Waals surface area contributed by atoms with E-state index in [1.54, 1.807) is 0 Å². The van der Waals surface area contributed by atoms with Crippen molar-refractivity contribution in [3.8, 4) is 0 Å². The van der Waals surface area contributed by atoms with Gasteiger partial charge in [0.15, 0.2) is 0 Å². The Bertz CT molecular complexity index is 250. The first-order chi connectivity index (χ1) is 9.04. The molecule has 0 radical (unpaired) electrons. The van der Waals surface area contributed by atoms with Crippen LogP contribution in [0.1, 0.15) is 40.0 Å². The first-order valence-electron chi connectivity index (χ1n) is 7.83. The number of aliphatic hydroxyl groups is 1. The third-order valence-corrected chi connectivity index (χ3v) is 4.20. The van der Waals surface area contributed by atoms with Gasteiger partial charge in [0.1, 0.15) is 0 Å². The van der Waals surface area contributed by atoms with E-state index in [1.165, 1.54) is 19.4 Å². The molecule has 114 valence electrons. The minimum Gasteiger partial charge on any atom is -0.394 e. The molecule has 0 spiro atoms. The Morgan fingerprint density at radius 3 is 2.63 bits per heavy atom. The standard InChI is InChI=1S/C15H33N3O/c1-5-8-16-15(3,13-19)12-18-10-7-9-17(4)11-14(18)6-2/h14,16,19H,5-13H2,1-4H3. The molecule has 1 rings (SSSR count). The second kappa shape index (κ2) is 8.20. The van der Waals surface area contributed by atoms with Crippen LogP contribution in [0.2, 0.25) is 0 Å². The molecule has 19 heavy (non-hydrogen) atoms. The molecule has 0 aromatic rings. The summed E-state index contributed by atoms with van der Waals surface area (Å²) in [4.78, 5) is 5.01. The maximum absolute atomic E-state index is 9.72. The summed E-state index contributed by atoms with van der Waals surface area (Å²) in [6.07, 6.45) is 3.51. The predicted octanol–water partition coefficient (Wildman–Crippen LogP) is 1.15. The molecular weight excluding hydrogens is 238 g/mol. The highest BCUT2D eigenvalue weighted by atomic mass is 16.3. The molecule has 4 nitrogen and oxygen atoms in total. The van der Waals surface area contributed by atoms with Crippen LogP contribution < -0.4 is 5.32 Å². The van der Waals surface area contributed by atoms with Crippen molar-refractivity contribution in [1.29, 1.82) is 0 Å². The monoisotopic (exact) mass is 271 g/mol. The van der Waals surface area contributed by atoms with Crippen LogP contribution in [0, 0.1) is 0 Å². The van der Waals surface area contributed by atoms with Crippen LogP contribution in [0.25, 0.3) is 0 Å². The smallest absolute Gasteiger partial charge is 0.0623 e. The summed E-state index contributed by atoms with van der Waals surface area (Å²) in [5, 5.41) is 13.2. The molecule has 0 bridgehead atoms. The van der Waals surface area contributed by atoms with E-state index in [-0.39, 0.29) is 12.1 Å². The highest BCUT2D eigenvalue weighted by molar-refractivity contribution is 4.89. The van der Waals surface area contributed by atoms with Crippen LogP contribution in [0.5, 0.6) is 0 Å². The Labute approximate surface area is 119 Å². The molecule has 1 saturated heterocycles. The molecule has 0 aromatic heterocycles. The maximum atomic E-state index is 9.72. The average Bonchev–Trinajstić information content (AvgIpc) is 2.58. The number of likely N-dealkylation sites (N-methyl/N-ethyl adjacent to an activating group) is 1. The quantitative estimate of drug-likeness (QED) is 0.729. The zero-order valence-corrected chi connectivity index (χ0v) is 13.3. The van der Waals surface area contributed by atoms with E-state index < -0.39 is 0 Å². The number of aliphatic hydroxyl groups excluding tert-OH is 1. The molecule has 2 unspecified atom stereocenters. The minimum absolute atomic E-state index is 0.174. The molecule has 0 amide bonds. The fourth-order valence-electron chi connectivity index (χ4n) is 2.93. The second-order valence-corrected chi connectivity index (χ2v) is 6.29. The molecule has 2 N–H and O–H groups in total. The Hall–Kier alpha value is -0.160. The fraction of sp³-hybridized carbons (Fsp3) is 1.00. The summed E-state index contributed by atoms with van der Waals surface area (Å²) in [5.74, 6) is 0. The van der Waals surface area contributed by atoms with Gasteiger partial charge in [-0.2, -0.15) is 0 Å². The summed E-state index contributed by atoms with van der Waals surface area (Å²) >= 11 is 0. The Morgan fingerprint density at radius 1 is 1.32 bits per heavy atom. The van der Waals surface area contributed by atoms with Gasteiger partial charge in [-0.05, 0) is 52.9 Å². The largest absolute Gasteiger partial charge is 0.394 e. The van der Waals surface area contributed by atoms with E-state index in [4.69, 9.17) is 0 Å². The lowest BCUT2D eigenvalue weighted by Gasteiger charge is -2.38. The minimum atomic E-state index is -0.174. The number of nitrogens with zero attached hydrogens (tertiary/aromatic N) is 2. The SMILES string of the molecule is CCCNC(C)(CO)CN1CCCN(C)CC1CC. The Kier molecular flexibility index (Phi) is 7.29. The van der Waals surface area contributed by atoms with Crippen LogP contribution in [0.4, 0.5) is 0 Å². The summed E-state index contributed by atoms with van der Waals surface area (Å²) in [5.41, 5.74) is -0.174. The van der Waals surface area contributed by atoms with Gasteiger partial charge >= 0.3 is 0 Å². The van der Waals surface area contributed by atoms with Gasteiger partial charge in [-0.3, -0.25) is 4.90 Å². The zero-order valence-electron chi connectivity index (χ0n) is 13.3. The Morgan fingerprint density at radius 2 is 2.05 bits per heavy atom. The molecule has 0 aromatic carbocycles. The topological polar surface area (TPSA) is 38.7 Å². The highest BCUT2D eigenvalue weighted by Crippen LogP contribution is 2.16. The van der Waals surface area contributed by atoms with E-state index in [0.717, 1.165) is 32.6 Å². The van der Waals surface area contributed by atoms with E-state index in [9.17, 15) is 5.11 Å². The van der Waals surface area contributed by atoms with Gasteiger partial charge in [0.25, 0.3) is 0 Å². The third-order valence-electron chi connectivity index (χ3n) is 4.20. The first kappa shape index (κ1) is 16.9. The summed E-state index contributed by atoms with van der Waals surface area (Å²) < 4.78 is 0. The van der Waals surface area contributed by atoms with Crippen molar-refractivity contribution in [2.75, 3.05) is 46.4 Å². The van der Waals surface area contributed by atoms with E-state index in [0.29, 0.717) is 6.04 Å². The fourth-order valence-corrected chi connectivity index (χ4v) is 2.93. The van der Waals surface area contributed by atoms with Gasteiger partial charge in [-0.25, -0.2) is 0 Å². The first-order valence-corrected chi connectivity index (χ1v) is 7.83. The molecule has 1 heterocycles. The average molecular weight is 271 g/mol. The number of hydrogen-bond acceptors (Lipinski definition) is 4. The Balaban J connectivity index is 2.64. The van der Waals surface area contributed by atoms with Crippen molar-refractivity contribution in [2.24, 2.45) is 0 Å². The molecular formula is C15H33N3O. The normalized spacial score (nSPS) is 26.1.